The Morgan fingerprint density at radius 2 is 2.14 bits per heavy atom. The van der Waals surface area contributed by atoms with Crippen LogP contribution in [0.1, 0.15) is 11.1 Å². The molecule has 1 atom stereocenters. The molecule has 1 aliphatic heterocycles. The van der Waals surface area contributed by atoms with Gasteiger partial charge < -0.3 is 15.0 Å². The molecule has 2 rings (SSSR count). The summed E-state index contributed by atoms with van der Waals surface area (Å²) in [4.78, 5) is 13.4. The van der Waals surface area contributed by atoms with Gasteiger partial charge in [0, 0.05) is 26.7 Å². The molecule has 116 valence electrons. The third-order valence-electron chi connectivity index (χ3n) is 3.31. The molecule has 1 fully saturated rings. The van der Waals surface area contributed by atoms with E-state index in [-0.39, 0.29) is 18.0 Å². The van der Waals surface area contributed by atoms with E-state index in [1.54, 1.807) is 0 Å². The number of alkyl halides is 3. The molecule has 7 heteroatoms. The molecule has 0 bridgehead atoms. The Hall–Kier alpha value is -1.60. The number of benzene rings is 1. The molecule has 1 saturated heterocycles. The van der Waals surface area contributed by atoms with E-state index in [9.17, 15) is 18.0 Å². The molecule has 1 heterocycles. The molecule has 0 saturated carbocycles. The lowest BCUT2D eigenvalue weighted by Gasteiger charge is -2.28. The number of nitrogens with one attached hydrogen (secondary N) is 1. The van der Waals surface area contributed by atoms with Gasteiger partial charge in [-0.3, -0.25) is 4.79 Å². The van der Waals surface area contributed by atoms with E-state index in [0.29, 0.717) is 19.7 Å². The number of morpholine rings is 1. The minimum absolute atomic E-state index is 0.0737. The van der Waals surface area contributed by atoms with Crippen LogP contribution in [0.2, 0.25) is 0 Å². The molecule has 21 heavy (non-hydrogen) atoms. The van der Waals surface area contributed by atoms with Crippen molar-refractivity contribution in [1.29, 1.82) is 0 Å². The van der Waals surface area contributed by atoms with Gasteiger partial charge in [0.2, 0.25) is 0 Å². The Morgan fingerprint density at radius 1 is 1.43 bits per heavy atom. The van der Waals surface area contributed by atoms with Crippen LogP contribution in [0.4, 0.5) is 13.2 Å². The van der Waals surface area contributed by atoms with Crippen LogP contribution in [0.5, 0.6) is 0 Å². The lowest BCUT2D eigenvalue weighted by Crippen LogP contribution is -2.48. The van der Waals surface area contributed by atoms with E-state index in [2.05, 4.69) is 5.32 Å². The van der Waals surface area contributed by atoms with Crippen LogP contribution in [-0.4, -0.2) is 43.7 Å². The lowest BCUT2D eigenvalue weighted by atomic mass is 10.1. The van der Waals surface area contributed by atoms with Crippen LogP contribution in [-0.2, 0) is 22.3 Å². The van der Waals surface area contributed by atoms with Gasteiger partial charge in [-0.2, -0.15) is 13.2 Å². The maximum absolute atomic E-state index is 12.9. The number of rotatable bonds is 3. The highest BCUT2D eigenvalue weighted by atomic mass is 19.4. The SMILES string of the molecule is CN(Cc1ccccc1C(F)(F)F)C(=O)[C@H]1CNCCO1. The quantitative estimate of drug-likeness (QED) is 0.923. The minimum atomic E-state index is -4.43. The van der Waals surface area contributed by atoms with Crippen LogP contribution in [0, 0.1) is 0 Å². The highest BCUT2D eigenvalue weighted by Crippen LogP contribution is 2.32. The molecule has 0 aromatic heterocycles. The van der Waals surface area contributed by atoms with Gasteiger partial charge in [-0.05, 0) is 11.6 Å². The lowest BCUT2D eigenvalue weighted by molar-refractivity contribution is -0.145. The maximum atomic E-state index is 12.9. The maximum Gasteiger partial charge on any atom is 0.416 e. The number of hydrogen-bond acceptors (Lipinski definition) is 3. The first-order valence-corrected chi connectivity index (χ1v) is 6.62. The highest BCUT2D eigenvalue weighted by molar-refractivity contribution is 5.81. The summed E-state index contributed by atoms with van der Waals surface area (Å²) in [6.07, 6.45) is -5.06. The van der Waals surface area contributed by atoms with E-state index in [1.165, 1.54) is 30.1 Å². The molecule has 1 aromatic carbocycles. The zero-order chi connectivity index (χ0) is 15.5. The number of carbonyl (C=O) groups is 1. The van der Waals surface area contributed by atoms with Crippen molar-refractivity contribution in [2.24, 2.45) is 0 Å². The summed E-state index contributed by atoms with van der Waals surface area (Å²) in [6.45, 7) is 1.37. The van der Waals surface area contributed by atoms with E-state index < -0.39 is 17.8 Å². The third-order valence-corrected chi connectivity index (χ3v) is 3.31. The van der Waals surface area contributed by atoms with Gasteiger partial charge >= 0.3 is 6.18 Å². The number of likely N-dealkylation sites (N-methyl/N-ethyl adjacent to an activating group) is 1. The first-order chi connectivity index (χ1) is 9.89. The molecule has 4 nitrogen and oxygen atoms in total. The molecule has 0 radical (unpaired) electrons. The molecule has 0 unspecified atom stereocenters. The number of ether oxygens (including phenoxy) is 1. The Kier molecular flexibility index (Phi) is 4.84. The first-order valence-electron chi connectivity index (χ1n) is 6.62. The Morgan fingerprint density at radius 3 is 2.76 bits per heavy atom. The number of nitrogens with zero attached hydrogens (tertiary/aromatic N) is 1. The Bertz CT molecular complexity index is 499. The number of carbonyl (C=O) groups excluding carboxylic acids is 1. The van der Waals surface area contributed by atoms with E-state index in [1.807, 2.05) is 0 Å². The Balaban J connectivity index is 2.09. The number of amides is 1. The monoisotopic (exact) mass is 302 g/mol. The molecule has 1 aliphatic rings. The summed E-state index contributed by atoms with van der Waals surface area (Å²) in [5.41, 5.74) is -0.642. The zero-order valence-electron chi connectivity index (χ0n) is 11.6. The van der Waals surface area contributed by atoms with Crippen LogP contribution in [0.25, 0.3) is 0 Å². The van der Waals surface area contributed by atoms with Crippen LogP contribution in [0.3, 0.4) is 0 Å². The topological polar surface area (TPSA) is 41.6 Å². The second kappa shape index (κ2) is 6.44. The largest absolute Gasteiger partial charge is 0.416 e. The molecule has 1 aromatic rings. The predicted molar refractivity (Wildman–Crippen MR) is 70.5 cm³/mol. The summed E-state index contributed by atoms with van der Waals surface area (Å²) < 4.78 is 44.1. The van der Waals surface area contributed by atoms with Crippen LogP contribution in [0.15, 0.2) is 24.3 Å². The van der Waals surface area contributed by atoms with E-state index >= 15 is 0 Å². The molecule has 0 spiro atoms. The van der Waals surface area contributed by atoms with Crippen LogP contribution >= 0.6 is 0 Å². The van der Waals surface area contributed by atoms with Gasteiger partial charge in [0.15, 0.2) is 0 Å². The van der Waals surface area contributed by atoms with Gasteiger partial charge in [-0.15, -0.1) is 0 Å². The molecular formula is C14H17F3N2O2. The van der Waals surface area contributed by atoms with Crippen molar-refractivity contribution in [3.63, 3.8) is 0 Å². The minimum Gasteiger partial charge on any atom is -0.366 e. The summed E-state index contributed by atoms with van der Waals surface area (Å²) in [7, 11) is 1.48. The van der Waals surface area contributed by atoms with Crippen LogP contribution < -0.4 is 5.32 Å². The number of halogens is 3. The fraction of sp³-hybridized carbons (Fsp3) is 0.500. The standard InChI is InChI=1S/C14H17F3N2O2/c1-19(13(20)12-8-18-6-7-21-12)9-10-4-2-3-5-11(10)14(15,16)17/h2-5,12,18H,6-9H2,1H3/t12-/m1/s1. The second-order valence-electron chi connectivity index (χ2n) is 4.91. The smallest absolute Gasteiger partial charge is 0.366 e. The van der Waals surface area contributed by atoms with Gasteiger partial charge in [-0.25, -0.2) is 0 Å². The van der Waals surface area contributed by atoms with E-state index in [4.69, 9.17) is 4.74 Å². The average molecular weight is 302 g/mol. The highest BCUT2D eigenvalue weighted by Gasteiger charge is 2.34. The van der Waals surface area contributed by atoms with Crippen molar-refractivity contribution in [2.45, 2.75) is 18.8 Å². The van der Waals surface area contributed by atoms with Gasteiger partial charge in [0.05, 0.1) is 12.2 Å². The van der Waals surface area contributed by atoms with Crippen molar-refractivity contribution in [3.05, 3.63) is 35.4 Å². The normalized spacial score (nSPS) is 19.3. The zero-order valence-corrected chi connectivity index (χ0v) is 11.6. The summed E-state index contributed by atoms with van der Waals surface area (Å²) in [6, 6.07) is 5.27. The van der Waals surface area contributed by atoms with Gasteiger partial charge in [0.25, 0.3) is 5.91 Å². The van der Waals surface area contributed by atoms with Gasteiger partial charge in [0.1, 0.15) is 6.10 Å². The first kappa shape index (κ1) is 15.8. The average Bonchev–Trinajstić information content (AvgIpc) is 2.47. The fourth-order valence-corrected chi connectivity index (χ4v) is 2.24. The van der Waals surface area contributed by atoms with Crippen molar-refractivity contribution >= 4 is 5.91 Å². The number of hydrogen-bond donors (Lipinski definition) is 1. The molecule has 0 aliphatic carbocycles. The summed E-state index contributed by atoms with van der Waals surface area (Å²) in [5, 5.41) is 3.02. The van der Waals surface area contributed by atoms with Crippen molar-refractivity contribution in [3.8, 4) is 0 Å². The van der Waals surface area contributed by atoms with E-state index in [0.717, 1.165) is 6.07 Å². The van der Waals surface area contributed by atoms with Crippen molar-refractivity contribution in [2.75, 3.05) is 26.7 Å². The third kappa shape index (κ3) is 3.95. The molecule has 1 amide bonds. The summed E-state index contributed by atoms with van der Waals surface area (Å²) in [5.74, 6) is -0.320. The predicted octanol–water partition coefficient (Wildman–Crippen LogP) is 1.65. The molecule has 1 N–H and O–H groups in total. The molecular weight excluding hydrogens is 285 g/mol. The second-order valence-corrected chi connectivity index (χ2v) is 4.91. The summed E-state index contributed by atoms with van der Waals surface area (Å²) >= 11 is 0. The van der Waals surface area contributed by atoms with Crippen molar-refractivity contribution in [1.82, 2.24) is 10.2 Å². The Labute approximate surface area is 120 Å². The van der Waals surface area contributed by atoms with Crippen molar-refractivity contribution < 1.29 is 22.7 Å². The van der Waals surface area contributed by atoms with Gasteiger partial charge in [-0.1, -0.05) is 18.2 Å². The fourth-order valence-electron chi connectivity index (χ4n) is 2.24.